The molecule has 2 aromatic heterocycles. The first-order valence-corrected chi connectivity index (χ1v) is 8.02. The van der Waals surface area contributed by atoms with E-state index in [1.54, 1.807) is 12.3 Å². The lowest BCUT2D eigenvalue weighted by molar-refractivity contribution is 0.586. The fraction of sp³-hybridized carbons (Fsp3) is 0.0500. The molecule has 26 heavy (non-hydrogen) atoms. The van der Waals surface area contributed by atoms with Gasteiger partial charge in [-0.05, 0) is 36.8 Å². The van der Waals surface area contributed by atoms with E-state index in [1.165, 1.54) is 12.1 Å². The van der Waals surface area contributed by atoms with E-state index in [2.05, 4.69) is 20.5 Å². The van der Waals surface area contributed by atoms with Gasteiger partial charge in [0.15, 0.2) is 0 Å². The highest BCUT2D eigenvalue weighted by Crippen LogP contribution is 2.29. The summed E-state index contributed by atoms with van der Waals surface area (Å²) in [4.78, 5) is 4.48. The van der Waals surface area contributed by atoms with Crippen LogP contribution in [0.3, 0.4) is 0 Å². The predicted octanol–water partition coefficient (Wildman–Crippen LogP) is 5.02. The Morgan fingerprint density at radius 2 is 1.81 bits per heavy atom. The normalized spacial score (nSPS) is 10.9. The number of anilines is 2. The highest BCUT2D eigenvalue weighted by molar-refractivity contribution is 5.93. The van der Waals surface area contributed by atoms with E-state index in [4.69, 9.17) is 0 Å². The van der Waals surface area contributed by atoms with Gasteiger partial charge in [-0.25, -0.2) is 13.8 Å². The molecule has 0 aliphatic carbocycles. The molecular formula is C20H14F2N4. The first kappa shape index (κ1) is 16.1. The molecule has 4 aromatic rings. The average Bonchev–Trinajstić information content (AvgIpc) is 2.64. The molecule has 0 saturated heterocycles. The van der Waals surface area contributed by atoms with Crippen LogP contribution in [0, 0.1) is 18.6 Å². The molecule has 4 rings (SSSR count). The van der Waals surface area contributed by atoms with Gasteiger partial charge in [-0.3, -0.25) is 0 Å². The van der Waals surface area contributed by atoms with Crippen molar-refractivity contribution in [2.24, 2.45) is 0 Å². The Bertz CT molecular complexity index is 1110. The largest absolute Gasteiger partial charge is 0.338 e. The molecule has 2 heterocycles. The molecule has 4 nitrogen and oxygen atoms in total. The van der Waals surface area contributed by atoms with Gasteiger partial charge in [-0.1, -0.05) is 24.3 Å². The molecule has 6 heteroatoms. The monoisotopic (exact) mass is 348 g/mol. The zero-order chi connectivity index (χ0) is 18.1. The number of hydrogen-bond acceptors (Lipinski definition) is 4. The lowest BCUT2D eigenvalue weighted by atomic mass is 10.0. The van der Waals surface area contributed by atoms with Crippen molar-refractivity contribution in [2.45, 2.75) is 6.92 Å². The lowest BCUT2D eigenvalue weighted by Crippen LogP contribution is -1.99. The van der Waals surface area contributed by atoms with E-state index in [0.717, 1.165) is 28.3 Å². The molecule has 0 bridgehead atoms. The van der Waals surface area contributed by atoms with Crippen molar-refractivity contribution in [1.82, 2.24) is 15.2 Å². The van der Waals surface area contributed by atoms with E-state index >= 15 is 0 Å². The summed E-state index contributed by atoms with van der Waals surface area (Å²) in [5, 5.41) is 12.0. The van der Waals surface area contributed by atoms with Gasteiger partial charge in [0, 0.05) is 17.0 Å². The summed E-state index contributed by atoms with van der Waals surface area (Å²) in [5.41, 5.74) is 3.60. The van der Waals surface area contributed by atoms with E-state index < -0.39 is 11.6 Å². The number of halogens is 2. The van der Waals surface area contributed by atoms with Crippen LogP contribution in [0.4, 0.5) is 20.3 Å². The summed E-state index contributed by atoms with van der Waals surface area (Å²) in [6, 6.07) is 14.9. The second-order valence-corrected chi connectivity index (χ2v) is 5.89. The van der Waals surface area contributed by atoms with Crippen molar-refractivity contribution in [3.63, 3.8) is 0 Å². The van der Waals surface area contributed by atoms with E-state index in [1.807, 2.05) is 37.3 Å². The van der Waals surface area contributed by atoms with Crippen LogP contribution in [0.15, 0.2) is 60.8 Å². The van der Waals surface area contributed by atoms with Crippen LogP contribution in [-0.2, 0) is 0 Å². The van der Waals surface area contributed by atoms with Crippen LogP contribution in [0.1, 0.15) is 5.56 Å². The Morgan fingerprint density at radius 3 is 2.62 bits per heavy atom. The Morgan fingerprint density at radius 1 is 0.962 bits per heavy atom. The van der Waals surface area contributed by atoms with E-state index in [9.17, 15) is 8.78 Å². The second kappa shape index (κ2) is 6.48. The van der Waals surface area contributed by atoms with Crippen molar-refractivity contribution < 1.29 is 8.78 Å². The molecule has 0 aliphatic heterocycles. The minimum atomic E-state index is -0.680. The van der Waals surface area contributed by atoms with Crippen molar-refractivity contribution >= 4 is 22.4 Å². The molecule has 0 amide bonds. The predicted molar refractivity (Wildman–Crippen MR) is 97.1 cm³/mol. The lowest BCUT2D eigenvalue weighted by Gasteiger charge is -2.10. The SMILES string of the molecule is Cc1ccccc1-c1nncc2nc(Nc3ccc(F)cc3F)ccc12. The number of pyridine rings is 1. The summed E-state index contributed by atoms with van der Waals surface area (Å²) in [5.74, 6) is -0.871. The fourth-order valence-electron chi connectivity index (χ4n) is 2.80. The first-order chi connectivity index (χ1) is 12.6. The van der Waals surface area contributed by atoms with Crippen LogP contribution >= 0.6 is 0 Å². The summed E-state index contributed by atoms with van der Waals surface area (Å²) < 4.78 is 26.9. The molecular weight excluding hydrogens is 334 g/mol. The Hall–Kier alpha value is -3.41. The zero-order valence-corrected chi connectivity index (χ0v) is 13.9. The standard InChI is InChI=1S/C20H14F2N4/c1-12-4-2-3-5-14(12)20-15-7-9-19(25-18(15)11-23-26-20)24-17-8-6-13(21)10-16(17)22/h2-11H,1H3,(H,24,25). The molecule has 0 fully saturated rings. The third-order valence-corrected chi connectivity index (χ3v) is 4.11. The quantitative estimate of drug-likeness (QED) is 0.565. The third kappa shape index (κ3) is 2.97. The number of nitrogens with zero attached hydrogens (tertiary/aromatic N) is 3. The molecule has 0 unspecified atom stereocenters. The highest BCUT2D eigenvalue weighted by Gasteiger charge is 2.11. The van der Waals surface area contributed by atoms with E-state index in [-0.39, 0.29) is 5.69 Å². The van der Waals surface area contributed by atoms with Crippen molar-refractivity contribution in [1.29, 1.82) is 0 Å². The van der Waals surface area contributed by atoms with Crippen LogP contribution in [0.2, 0.25) is 0 Å². The van der Waals surface area contributed by atoms with Gasteiger partial charge in [-0.15, -0.1) is 5.10 Å². The number of nitrogens with one attached hydrogen (secondary N) is 1. The maximum atomic E-state index is 13.8. The molecule has 0 saturated carbocycles. The third-order valence-electron chi connectivity index (χ3n) is 4.11. The zero-order valence-electron chi connectivity index (χ0n) is 13.9. The first-order valence-electron chi connectivity index (χ1n) is 8.02. The number of rotatable bonds is 3. The maximum Gasteiger partial charge on any atom is 0.149 e. The molecule has 0 spiro atoms. The van der Waals surface area contributed by atoms with Gasteiger partial charge < -0.3 is 5.32 Å². The summed E-state index contributed by atoms with van der Waals surface area (Å²) in [6.07, 6.45) is 1.56. The maximum absolute atomic E-state index is 13.8. The molecule has 128 valence electrons. The van der Waals surface area contributed by atoms with Crippen LogP contribution in [-0.4, -0.2) is 15.2 Å². The van der Waals surface area contributed by atoms with Gasteiger partial charge in [0.05, 0.1) is 17.4 Å². The van der Waals surface area contributed by atoms with Gasteiger partial charge in [0.1, 0.15) is 23.1 Å². The molecule has 2 aromatic carbocycles. The Labute approximate surface area is 148 Å². The topological polar surface area (TPSA) is 50.7 Å². The van der Waals surface area contributed by atoms with Gasteiger partial charge >= 0.3 is 0 Å². The average molecular weight is 348 g/mol. The summed E-state index contributed by atoms with van der Waals surface area (Å²) in [7, 11) is 0. The van der Waals surface area contributed by atoms with E-state index in [0.29, 0.717) is 11.3 Å². The van der Waals surface area contributed by atoms with Gasteiger partial charge in [0.2, 0.25) is 0 Å². The molecule has 0 aliphatic rings. The highest BCUT2D eigenvalue weighted by atomic mass is 19.1. The minimum absolute atomic E-state index is 0.152. The number of benzene rings is 2. The number of aryl methyl sites for hydroxylation is 1. The second-order valence-electron chi connectivity index (χ2n) is 5.89. The van der Waals surface area contributed by atoms with Gasteiger partial charge in [-0.2, -0.15) is 5.10 Å². The molecule has 0 radical (unpaired) electrons. The van der Waals surface area contributed by atoms with Crippen molar-refractivity contribution in [2.75, 3.05) is 5.32 Å². The number of aromatic nitrogens is 3. The van der Waals surface area contributed by atoms with Gasteiger partial charge in [0.25, 0.3) is 0 Å². The Balaban J connectivity index is 1.76. The number of fused-ring (bicyclic) bond motifs is 1. The van der Waals surface area contributed by atoms with Crippen LogP contribution < -0.4 is 5.32 Å². The number of hydrogen-bond donors (Lipinski definition) is 1. The van der Waals surface area contributed by atoms with Crippen molar-refractivity contribution in [3.05, 3.63) is 78.0 Å². The molecule has 1 N–H and O–H groups in total. The van der Waals surface area contributed by atoms with Crippen molar-refractivity contribution in [3.8, 4) is 11.3 Å². The fourth-order valence-corrected chi connectivity index (χ4v) is 2.80. The molecule has 0 atom stereocenters. The summed E-state index contributed by atoms with van der Waals surface area (Å²) in [6.45, 7) is 2.01. The van der Waals surface area contributed by atoms with Crippen LogP contribution in [0.25, 0.3) is 22.2 Å². The minimum Gasteiger partial charge on any atom is -0.338 e. The summed E-state index contributed by atoms with van der Waals surface area (Å²) >= 11 is 0. The Kier molecular flexibility index (Phi) is 4.01. The smallest absolute Gasteiger partial charge is 0.149 e. The van der Waals surface area contributed by atoms with Crippen LogP contribution in [0.5, 0.6) is 0 Å².